The Morgan fingerprint density at radius 3 is 2.50 bits per heavy atom. The highest BCUT2D eigenvalue weighted by atomic mass is 16.5. The second-order valence-electron chi connectivity index (χ2n) is 6.27. The van der Waals surface area contributed by atoms with Crippen LogP contribution < -0.4 is 10.2 Å². The summed E-state index contributed by atoms with van der Waals surface area (Å²) in [7, 11) is 1.37. The van der Waals surface area contributed by atoms with Gasteiger partial charge in [-0.1, -0.05) is 0 Å². The summed E-state index contributed by atoms with van der Waals surface area (Å²) >= 11 is 0. The second kappa shape index (κ2) is 6.08. The lowest BCUT2D eigenvalue weighted by molar-refractivity contribution is -0.121. The minimum atomic E-state index is -0.355. The molecule has 1 spiro atoms. The quantitative estimate of drug-likeness (QED) is 0.849. The van der Waals surface area contributed by atoms with Crippen LogP contribution in [0, 0.1) is 5.41 Å². The van der Waals surface area contributed by atoms with Crippen molar-refractivity contribution in [2.24, 2.45) is 5.41 Å². The number of amides is 1. The van der Waals surface area contributed by atoms with Gasteiger partial charge in [0.1, 0.15) is 0 Å². The molecule has 2 fully saturated rings. The van der Waals surface area contributed by atoms with E-state index in [-0.39, 0.29) is 17.3 Å². The fourth-order valence-electron chi connectivity index (χ4n) is 3.51. The molecule has 1 aromatic rings. The Kier molecular flexibility index (Phi) is 4.16. The first-order chi connectivity index (χ1) is 10.6. The topological polar surface area (TPSA) is 58.6 Å². The fraction of sp³-hybridized carbons (Fsp3) is 0.529. The Hall–Kier alpha value is -1.88. The number of carbonyl (C=O) groups excluding carboxylic acids is 2. The number of hydrogen-bond donors (Lipinski definition) is 1. The molecule has 0 saturated carbocycles. The summed E-state index contributed by atoms with van der Waals surface area (Å²) in [4.78, 5) is 25.7. The molecule has 3 rings (SSSR count). The molecule has 0 bridgehead atoms. The summed E-state index contributed by atoms with van der Waals surface area (Å²) in [6, 6.07) is 7.12. The molecule has 1 amide bonds. The molecule has 0 unspecified atom stereocenters. The van der Waals surface area contributed by atoms with Gasteiger partial charge in [0.25, 0.3) is 0 Å². The van der Waals surface area contributed by atoms with E-state index in [1.165, 1.54) is 7.11 Å². The van der Waals surface area contributed by atoms with Gasteiger partial charge in [-0.15, -0.1) is 0 Å². The van der Waals surface area contributed by atoms with E-state index >= 15 is 0 Å². The van der Waals surface area contributed by atoms with Crippen molar-refractivity contribution in [2.45, 2.75) is 25.7 Å². The van der Waals surface area contributed by atoms with Gasteiger partial charge in [0.15, 0.2) is 0 Å². The zero-order valence-corrected chi connectivity index (χ0v) is 12.9. The molecular formula is C17H22N2O3. The van der Waals surface area contributed by atoms with E-state index in [2.05, 4.69) is 5.32 Å². The predicted molar refractivity (Wildman–Crippen MR) is 83.9 cm³/mol. The molecule has 2 aliphatic rings. The van der Waals surface area contributed by atoms with Crippen LogP contribution in [-0.4, -0.2) is 38.6 Å². The highest BCUT2D eigenvalue weighted by molar-refractivity contribution is 5.95. The third-order valence-corrected chi connectivity index (χ3v) is 4.93. The van der Waals surface area contributed by atoms with Gasteiger partial charge in [0.05, 0.1) is 12.7 Å². The summed E-state index contributed by atoms with van der Waals surface area (Å²) in [5, 5.41) is 3.39. The van der Waals surface area contributed by atoms with E-state index in [9.17, 15) is 9.59 Å². The van der Waals surface area contributed by atoms with Crippen molar-refractivity contribution >= 4 is 17.6 Å². The van der Waals surface area contributed by atoms with E-state index in [1.807, 2.05) is 17.0 Å². The molecule has 0 aromatic heterocycles. The summed E-state index contributed by atoms with van der Waals surface area (Å²) < 4.78 is 4.71. The lowest BCUT2D eigenvalue weighted by Gasteiger charge is -2.45. The van der Waals surface area contributed by atoms with Crippen LogP contribution in [0.5, 0.6) is 0 Å². The number of benzene rings is 1. The number of methoxy groups -OCH3 is 1. The fourth-order valence-corrected chi connectivity index (χ4v) is 3.51. The number of hydrogen-bond acceptors (Lipinski definition) is 4. The van der Waals surface area contributed by atoms with Gasteiger partial charge >= 0.3 is 5.97 Å². The van der Waals surface area contributed by atoms with Gasteiger partial charge in [-0.2, -0.15) is 0 Å². The maximum absolute atomic E-state index is 12.3. The smallest absolute Gasteiger partial charge is 0.337 e. The molecule has 2 heterocycles. The third-order valence-electron chi connectivity index (χ3n) is 4.93. The number of esters is 1. The normalized spacial score (nSPS) is 21.0. The Labute approximate surface area is 130 Å². The molecule has 0 atom stereocenters. The Bertz CT molecular complexity index is 562. The number of rotatable bonds is 2. The maximum atomic E-state index is 12.3. The van der Waals surface area contributed by atoms with Crippen molar-refractivity contribution in [1.29, 1.82) is 0 Å². The number of carbonyl (C=O) groups is 2. The molecule has 1 aromatic carbocycles. The van der Waals surface area contributed by atoms with Gasteiger partial charge in [0.2, 0.25) is 5.91 Å². The Morgan fingerprint density at radius 1 is 1.18 bits per heavy atom. The average molecular weight is 302 g/mol. The average Bonchev–Trinajstić information content (AvgIpc) is 2.58. The summed E-state index contributed by atoms with van der Waals surface area (Å²) in [5.74, 6) is -0.179. The van der Waals surface area contributed by atoms with Gasteiger partial charge in [-0.05, 0) is 62.0 Å². The van der Waals surface area contributed by atoms with E-state index in [4.69, 9.17) is 4.74 Å². The summed E-state index contributed by atoms with van der Waals surface area (Å²) in [5.41, 5.74) is 1.63. The lowest BCUT2D eigenvalue weighted by atomic mass is 9.72. The van der Waals surface area contributed by atoms with Gasteiger partial charge in [-0.3, -0.25) is 4.79 Å². The van der Waals surface area contributed by atoms with Crippen molar-refractivity contribution in [1.82, 2.24) is 5.32 Å². The molecule has 0 aliphatic carbocycles. The molecule has 5 heteroatoms. The highest BCUT2D eigenvalue weighted by Gasteiger charge is 2.39. The molecule has 5 nitrogen and oxygen atoms in total. The van der Waals surface area contributed by atoms with E-state index in [1.54, 1.807) is 12.1 Å². The van der Waals surface area contributed by atoms with Crippen LogP contribution in [0.2, 0.25) is 0 Å². The first-order valence-electron chi connectivity index (χ1n) is 7.83. The van der Waals surface area contributed by atoms with Crippen molar-refractivity contribution in [3.8, 4) is 0 Å². The predicted octanol–water partition coefficient (Wildman–Crippen LogP) is 1.97. The first-order valence-corrected chi connectivity index (χ1v) is 7.83. The van der Waals surface area contributed by atoms with Crippen molar-refractivity contribution in [3.63, 3.8) is 0 Å². The first kappa shape index (κ1) is 15.0. The number of ether oxygens (including phenoxy) is 1. The zero-order chi connectivity index (χ0) is 15.6. The van der Waals surface area contributed by atoms with Crippen LogP contribution in [0.4, 0.5) is 5.69 Å². The molecular weight excluding hydrogens is 280 g/mol. The molecule has 2 saturated heterocycles. The second-order valence-corrected chi connectivity index (χ2v) is 6.27. The van der Waals surface area contributed by atoms with Gasteiger partial charge in [-0.25, -0.2) is 4.79 Å². The van der Waals surface area contributed by atoms with Crippen molar-refractivity contribution in [2.75, 3.05) is 31.6 Å². The minimum absolute atomic E-state index is 0.176. The molecule has 0 radical (unpaired) electrons. The standard InChI is InChI=1S/C17H22N2O3/c1-22-16(21)13-2-4-14(5-3-13)19-12-17(7-6-15(19)20)8-10-18-11-9-17/h2-5,18H,6-12H2,1H3. The highest BCUT2D eigenvalue weighted by Crippen LogP contribution is 2.40. The maximum Gasteiger partial charge on any atom is 0.337 e. The Morgan fingerprint density at radius 2 is 1.86 bits per heavy atom. The number of piperidine rings is 2. The van der Waals surface area contributed by atoms with Crippen molar-refractivity contribution < 1.29 is 14.3 Å². The molecule has 22 heavy (non-hydrogen) atoms. The number of anilines is 1. The monoisotopic (exact) mass is 302 g/mol. The van der Waals surface area contributed by atoms with Crippen LogP contribution in [0.15, 0.2) is 24.3 Å². The molecule has 2 aliphatic heterocycles. The zero-order valence-electron chi connectivity index (χ0n) is 12.9. The largest absolute Gasteiger partial charge is 0.465 e. The van der Waals surface area contributed by atoms with Gasteiger partial charge in [0, 0.05) is 18.7 Å². The lowest BCUT2D eigenvalue weighted by Crippen LogP contribution is -2.50. The van der Waals surface area contributed by atoms with Crippen LogP contribution >= 0.6 is 0 Å². The van der Waals surface area contributed by atoms with Crippen LogP contribution in [0.3, 0.4) is 0 Å². The molecule has 118 valence electrons. The van der Waals surface area contributed by atoms with Crippen LogP contribution in [0.1, 0.15) is 36.0 Å². The number of nitrogens with one attached hydrogen (secondary N) is 1. The summed E-state index contributed by atoms with van der Waals surface area (Å²) in [6.07, 6.45) is 3.84. The summed E-state index contributed by atoms with van der Waals surface area (Å²) in [6.45, 7) is 2.84. The minimum Gasteiger partial charge on any atom is -0.465 e. The van der Waals surface area contributed by atoms with E-state index in [0.717, 1.165) is 44.6 Å². The molecule has 1 N–H and O–H groups in total. The van der Waals surface area contributed by atoms with Crippen LogP contribution in [-0.2, 0) is 9.53 Å². The van der Waals surface area contributed by atoms with E-state index < -0.39 is 0 Å². The SMILES string of the molecule is COC(=O)c1ccc(N2CC3(CCNCC3)CCC2=O)cc1. The van der Waals surface area contributed by atoms with Crippen molar-refractivity contribution in [3.05, 3.63) is 29.8 Å². The van der Waals surface area contributed by atoms with Gasteiger partial charge < -0.3 is 15.0 Å². The Balaban J connectivity index is 1.79. The number of nitrogens with zero attached hydrogens (tertiary/aromatic N) is 1. The van der Waals surface area contributed by atoms with Crippen LogP contribution in [0.25, 0.3) is 0 Å². The third kappa shape index (κ3) is 2.86. The van der Waals surface area contributed by atoms with E-state index in [0.29, 0.717) is 12.0 Å².